The molecule has 0 aliphatic carbocycles. The molecular weight excluding hydrogens is 75.0 g/mol. The van der Waals surface area contributed by atoms with Crippen LogP contribution in [0.2, 0.25) is 0 Å². The van der Waals surface area contributed by atoms with Crippen molar-refractivity contribution in [2.75, 3.05) is 0 Å². The molecule has 0 bridgehead atoms. The molecule has 34 valence electrons. The van der Waals surface area contributed by atoms with Crippen molar-refractivity contribution in [2.45, 2.75) is 20.0 Å². The standard InChI is InChI=1S/C3H8O.Li.H2O/c1-3(2)4;;/h3-4H,1-2H3;;1H2/q;+1;/p-1. The van der Waals surface area contributed by atoms with Gasteiger partial charge in [0.15, 0.2) is 0 Å². The fourth-order valence-corrected chi connectivity index (χ4v) is 0. The van der Waals surface area contributed by atoms with Crippen molar-refractivity contribution >= 4 is 0 Å². The van der Waals surface area contributed by atoms with Crippen molar-refractivity contribution in [3.8, 4) is 0 Å². The van der Waals surface area contributed by atoms with Gasteiger partial charge in [-0.2, -0.15) is 0 Å². The molecule has 0 fully saturated rings. The van der Waals surface area contributed by atoms with E-state index in [-0.39, 0.29) is 30.4 Å². The van der Waals surface area contributed by atoms with Gasteiger partial charge in [-0.05, 0) is 13.8 Å². The quantitative estimate of drug-likeness (QED) is 0.323. The van der Waals surface area contributed by atoms with Gasteiger partial charge in [0, 0.05) is 6.10 Å². The average Bonchev–Trinajstić information content (AvgIpc) is 0.811. The van der Waals surface area contributed by atoms with Gasteiger partial charge in [-0.15, -0.1) is 0 Å². The molecule has 3 heteroatoms. The maximum Gasteiger partial charge on any atom is 1.00 e. The van der Waals surface area contributed by atoms with E-state index in [1.165, 1.54) is 0 Å². The summed E-state index contributed by atoms with van der Waals surface area (Å²) in [6.45, 7) is 3.44. The molecule has 0 spiro atoms. The Balaban J connectivity index is -0.0000000450. The zero-order valence-corrected chi connectivity index (χ0v) is 4.47. The molecule has 0 aromatic heterocycles. The molecule has 0 aromatic rings. The Morgan fingerprint density at radius 2 is 1.33 bits per heavy atom. The number of hydrogen-bond donors (Lipinski definition) is 1. The summed E-state index contributed by atoms with van der Waals surface area (Å²) in [5, 5.41) is 8.06. The third-order valence-corrected chi connectivity index (χ3v) is 0. The summed E-state index contributed by atoms with van der Waals surface area (Å²) in [5.41, 5.74) is 0. The monoisotopic (exact) mass is 84.1 g/mol. The van der Waals surface area contributed by atoms with Crippen LogP contribution >= 0.6 is 0 Å². The van der Waals surface area contributed by atoms with Crippen LogP contribution in [0.4, 0.5) is 0 Å². The van der Waals surface area contributed by atoms with E-state index in [0.29, 0.717) is 0 Å². The second-order valence-electron chi connectivity index (χ2n) is 1.09. The van der Waals surface area contributed by atoms with Crippen LogP contribution in [0.3, 0.4) is 0 Å². The molecule has 0 radical (unpaired) electrons. The van der Waals surface area contributed by atoms with Crippen molar-refractivity contribution in [1.29, 1.82) is 0 Å². The van der Waals surface area contributed by atoms with Gasteiger partial charge in [0.2, 0.25) is 0 Å². The molecule has 0 atom stereocenters. The number of rotatable bonds is 0. The molecule has 0 amide bonds. The summed E-state index contributed by atoms with van der Waals surface area (Å²) in [5.74, 6) is 0. The summed E-state index contributed by atoms with van der Waals surface area (Å²) in [7, 11) is 0. The molecular formula is C3H9LiO2. The Hall–Kier alpha value is 0.517. The SMILES string of the molecule is CC(C)O.[Li+].[OH-]. The fourth-order valence-electron chi connectivity index (χ4n) is 0. The van der Waals surface area contributed by atoms with Crippen molar-refractivity contribution in [3.63, 3.8) is 0 Å². The molecule has 0 aliphatic rings. The summed E-state index contributed by atoms with van der Waals surface area (Å²) >= 11 is 0. The first-order valence-corrected chi connectivity index (χ1v) is 1.41. The van der Waals surface area contributed by atoms with Crippen LogP contribution in [-0.4, -0.2) is 16.7 Å². The molecule has 0 aromatic carbocycles. The minimum atomic E-state index is -0.167. The summed E-state index contributed by atoms with van der Waals surface area (Å²) in [6.07, 6.45) is -0.167. The number of aliphatic hydroxyl groups is 1. The zero-order valence-electron chi connectivity index (χ0n) is 4.47. The second-order valence-corrected chi connectivity index (χ2v) is 1.09. The van der Waals surface area contributed by atoms with E-state index in [1.807, 2.05) is 0 Å². The van der Waals surface area contributed by atoms with E-state index >= 15 is 0 Å². The van der Waals surface area contributed by atoms with Crippen molar-refractivity contribution in [3.05, 3.63) is 0 Å². The maximum absolute atomic E-state index is 8.06. The Morgan fingerprint density at radius 1 is 1.33 bits per heavy atom. The summed E-state index contributed by atoms with van der Waals surface area (Å²) < 4.78 is 0. The molecule has 2 N–H and O–H groups in total. The van der Waals surface area contributed by atoms with Gasteiger partial charge in [0.05, 0.1) is 0 Å². The van der Waals surface area contributed by atoms with Gasteiger partial charge in [-0.3, -0.25) is 0 Å². The average molecular weight is 84.0 g/mol. The van der Waals surface area contributed by atoms with E-state index in [2.05, 4.69) is 0 Å². The van der Waals surface area contributed by atoms with Crippen LogP contribution in [0.1, 0.15) is 13.8 Å². The van der Waals surface area contributed by atoms with E-state index in [0.717, 1.165) is 0 Å². The molecule has 0 rings (SSSR count). The normalized spacial score (nSPS) is 6.00. The molecule has 0 aliphatic heterocycles. The first kappa shape index (κ1) is 16.0. The smallest absolute Gasteiger partial charge is 0.870 e. The second kappa shape index (κ2) is 9.10. The van der Waals surface area contributed by atoms with Crippen molar-refractivity contribution < 1.29 is 29.4 Å². The Bertz CT molecular complexity index is 13.5. The molecule has 0 heterocycles. The predicted octanol–water partition coefficient (Wildman–Crippen LogP) is -2.79. The first-order valence-electron chi connectivity index (χ1n) is 1.41. The van der Waals surface area contributed by atoms with Crippen LogP contribution in [0.5, 0.6) is 0 Å². The number of aliphatic hydroxyl groups excluding tert-OH is 1. The van der Waals surface area contributed by atoms with Gasteiger partial charge in [0.1, 0.15) is 0 Å². The van der Waals surface area contributed by atoms with Crippen LogP contribution in [0.15, 0.2) is 0 Å². The first-order chi connectivity index (χ1) is 1.73. The third kappa shape index (κ3) is 209. The Kier molecular flexibility index (Phi) is 24.3. The summed E-state index contributed by atoms with van der Waals surface area (Å²) in [6, 6.07) is 0. The fraction of sp³-hybridized carbons (Fsp3) is 1.00. The predicted molar refractivity (Wildman–Crippen MR) is 19.3 cm³/mol. The largest absolute Gasteiger partial charge is 1.00 e. The third-order valence-electron chi connectivity index (χ3n) is 0. The van der Waals surface area contributed by atoms with Crippen molar-refractivity contribution in [1.82, 2.24) is 0 Å². The van der Waals surface area contributed by atoms with Crippen LogP contribution in [-0.2, 0) is 0 Å². The van der Waals surface area contributed by atoms with Gasteiger partial charge in [-0.1, -0.05) is 0 Å². The minimum Gasteiger partial charge on any atom is -0.870 e. The van der Waals surface area contributed by atoms with E-state index in [1.54, 1.807) is 13.8 Å². The zero-order chi connectivity index (χ0) is 3.58. The Morgan fingerprint density at radius 3 is 1.33 bits per heavy atom. The summed E-state index contributed by atoms with van der Waals surface area (Å²) in [4.78, 5) is 0. The molecule has 0 saturated carbocycles. The number of hydrogen-bond acceptors (Lipinski definition) is 2. The van der Waals surface area contributed by atoms with E-state index in [4.69, 9.17) is 5.11 Å². The van der Waals surface area contributed by atoms with Crippen LogP contribution in [0, 0.1) is 0 Å². The van der Waals surface area contributed by atoms with Gasteiger partial charge >= 0.3 is 18.9 Å². The topological polar surface area (TPSA) is 50.2 Å². The van der Waals surface area contributed by atoms with E-state index < -0.39 is 0 Å². The van der Waals surface area contributed by atoms with Crippen molar-refractivity contribution in [2.24, 2.45) is 0 Å². The van der Waals surface area contributed by atoms with Gasteiger partial charge < -0.3 is 10.6 Å². The molecule has 0 unspecified atom stereocenters. The molecule has 6 heavy (non-hydrogen) atoms. The molecule has 2 nitrogen and oxygen atoms in total. The van der Waals surface area contributed by atoms with Gasteiger partial charge in [-0.25, -0.2) is 0 Å². The van der Waals surface area contributed by atoms with E-state index in [9.17, 15) is 0 Å². The Labute approximate surface area is 50.0 Å². The minimum absolute atomic E-state index is 0. The van der Waals surface area contributed by atoms with Crippen LogP contribution in [0.25, 0.3) is 0 Å². The molecule has 0 saturated heterocycles. The maximum atomic E-state index is 8.06. The van der Waals surface area contributed by atoms with Gasteiger partial charge in [0.25, 0.3) is 0 Å². The van der Waals surface area contributed by atoms with Crippen LogP contribution < -0.4 is 18.9 Å².